The van der Waals surface area contributed by atoms with E-state index in [-0.39, 0.29) is 5.82 Å². The molecule has 1 atom stereocenters. The Balaban J connectivity index is 1.67. The quantitative estimate of drug-likeness (QED) is 0.845. The average molecular weight is 290 g/mol. The van der Waals surface area contributed by atoms with E-state index in [4.69, 9.17) is 4.74 Å². The molecule has 0 N–H and O–H groups in total. The largest absolute Gasteiger partial charge is 0.494 e. The van der Waals surface area contributed by atoms with Crippen LogP contribution in [0, 0.1) is 5.82 Å². The number of ether oxygens (including phenoxy) is 1. The highest BCUT2D eigenvalue weighted by atomic mass is 19.1. The maximum absolute atomic E-state index is 13.8. The zero-order valence-electron chi connectivity index (χ0n) is 12.1. The molecule has 5 nitrogen and oxygen atoms in total. The van der Waals surface area contributed by atoms with Gasteiger partial charge in [-0.05, 0) is 37.1 Å². The summed E-state index contributed by atoms with van der Waals surface area (Å²) >= 11 is 0. The summed E-state index contributed by atoms with van der Waals surface area (Å²) in [6, 6.07) is 5.60. The molecule has 3 rings (SSSR count). The van der Waals surface area contributed by atoms with Gasteiger partial charge in [0.2, 0.25) is 0 Å². The van der Waals surface area contributed by atoms with Crippen LogP contribution in [-0.4, -0.2) is 39.4 Å². The molecule has 0 aliphatic carbocycles. The second kappa shape index (κ2) is 6.22. The molecule has 1 aromatic heterocycles. The molecule has 21 heavy (non-hydrogen) atoms. The minimum atomic E-state index is -0.304. The smallest absolute Gasteiger partial charge is 0.165 e. The van der Waals surface area contributed by atoms with E-state index in [1.807, 2.05) is 10.7 Å². The number of halogens is 1. The summed E-state index contributed by atoms with van der Waals surface area (Å²) in [5.41, 5.74) is 0.971. The van der Waals surface area contributed by atoms with Crippen molar-refractivity contribution in [2.45, 2.75) is 32.0 Å². The summed E-state index contributed by atoms with van der Waals surface area (Å²) in [6.45, 7) is 2.62. The molecule has 1 saturated heterocycles. The van der Waals surface area contributed by atoms with Crippen molar-refractivity contribution in [3.05, 3.63) is 42.2 Å². The number of methoxy groups -OCH3 is 1. The van der Waals surface area contributed by atoms with Gasteiger partial charge in [-0.1, -0.05) is 6.07 Å². The van der Waals surface area contributed by atoms with Crippen LogP contribution in [0.1, 0.15) is 18.4 Å². The van der Waals surface area contributed by atoms with Crippen molar-refractivity contribution in [2.75, 3.05) is 13.7 Å². The maximum atomic E-state index is 13.8. The predicted octanol–water partition coefficient (Wildman–Crippen LogP) is 2.09. The van der Waals surface area contributed by atoms with Gasteiger partial charge >= 0.3 is 0 Å². The predicted molar refractivity (Wildman–Crippen MR) is 76.4 cm³/mol. The molecule has 112 valence electrons. The Bertz CT molecular complexity index is 587. The molecule has 0 bridgehead atoms. The standard InChI is InChI=1S/C15H19FN4O/c1-21-15-5-4-12(7-14(15)16)8-19-6-2-3-13(19)9-20-11-17-10-18-20/h4-5,7,10-11,13H,2-3,6,8-9H2,1H3/t13-/m1/s1. The fraction of sp³-hybridized carbons (Fsp3) is 0.467. The number of nitrogens with zero attached hydrogens (tertiary/aromatic N) is 4. The lowest BCUT2D eigenvalue weighted by atomic mass is 10.1. The number of benzene rings is 1. The highest BCUT2D eigenvalue weighted by molar-refractivity contribution is 5.29. The topological polar surface area (TPSA) is 43.2 Å². The first-order valence-corrected chi connectivity index (χ1v) is 7.15. The Morgan fingerprint density at radius 2 is 2.33 bits per heavy atom. The third kappa shape index (κ3) is 3.21. The minimum Gasteiger partial charge on any atom is -0.494 e. The molecule has 6 heteroatoms. The molecule has 1 aliphatic heterocycles. The van der Waals surface area contributed by atoms with Crippen molar-refractivity contribution >= 4 is 0 Å². The maximum Gasteiger partial charge on any atom is 0.165 e. The summed E-state index contributed by atoms with van der Waals surface area (Å²) in [6.07, 6.45) is 5.60. The van der Waals surface area contributed by atoms with Crippen molar-refractivity contribution < 1.29 is 9.13 Å². The third-order valence-electron chi connectivity index (χ3n) is 3.97. The molecular weight excluding hydrogens is 271 g/mol. The lowest BCUT2D eigenvalue weighted by Gasteiger charge is -2.24. The zero-order chi connectivity index (χ0) is 14.7. The summed E-state index contributed by atoms with van der Waals surface area (Å²) in [5.74, 6) is -0.0126. The summed E-state index contributed by atoms with van der Waals surface area (Å²) < 4.78 is 20.6. The Morgan fingerprint density at radius 1 is 1.43 bits per heavy atom. The zero-order valence-corrected chi connectivity index (χ0v) is 12.1. The van der Waals surface area contributed by atoms with E-state index in [0.29, 0.717) is 11.8 Å². The summed E-state index contributed by atoms with van der Waals surface area (Å²) in [7, 11) is 1.48. The molecule has 1 aliphatic rings. The Morgan fingerprint density at radius 3 is 3.05 bits per heavy atom. The van der Waals surface area contributed by atoms with E-state index in [1.54, 1.807) is 24.8 Å². The van der Waals surface area contributed by atoms with Gasteiger partial charge in [-0.25, -0.2) is 9.37 Å². The van der Waals surface area contributed by atoms with Gasteiger partial charge in [-0.15, -0.1) is 0 Å². The van der Waals surface area contributed by atoms with E-state index in [9.17, 15) is 4.39 Å². The highest BCUT2D eigenvalue weighted by Gasteiger charge is 2.25. The minimum absolute atomic E-state index is 0.291. The average Bonchev–Trinajstić information content (AvgIpc) is 3.12. The summed E-state index contributed by atoms with van der Waals surface area (Å²) in [4.78, 5) is 6.35. The van der Waals surface area contributed by atoms with Crippen LogP contribution in [0.25, 0.3) is 0 Å². The molecule has 0 amide bonds. The first-order chi connectivity index (χ1) is 10.3. The fourth-order valence-electron chi connectivity index (χ4n) is 2.90. The van der Waals surface area contributed by atoms with Crippen LogP contribution in [-0.2, 0) is 13.1 Å². The van der Waals surface area contributed by atoms with Crippen molar-refractivity contribution in [1.29, 1.82) is 0 Å². The molecule has 2 heterocycles. The van der Waals surface area contributed by atoms with Crippen LogP contribution in [0.3, 0.4) is 0 Å². The van der Waals surface area contributed by atoms with E-state index < -0.39 is 0 Å². The summed E-state index contributed by atoms with van der Waals surface area (Å²) in [5, 5.41) is 4.16. The van der Waals surface area contributed by atoms with E-state index in [2.05, 4.69) is 15.0 Å². The number of aromatic nitrogens is 3. The van der Waals surface area contributed by atoms with Crippen LogP contribution < -0.4 is 4.74 Å². The van der Waals surface area contributed by atoms with Gasteiger partial charge in [0.25, 0.3) is 0 Å². The molecule has 0 unspecified atom stereocenters. The second-order valence-corrected chi connectivity index (χ2v) is 5.35. The van der Waals surface area contributed by atoms with Crippen LogP contribution in [0.4, 0.5) is 4.39 Å². The number of likely N-dealkylation sites (tertiary alicyclic amines) is 1. The van der Waals surface area contributed by atoms with Crippen molar-refractivity contribution in [2.24, 2.45) is 0 Å². The van der Waals surface area contributed by atoms with Crippen LogP contribution in [0.15, 0.2) is 30.9 Å². The first-order valence-electron chi connectivity index (χ1n) is 7.15. The Labute approximate surface area is 123 Å². The molecule has 1 aromatic carbocycles. The van der Waals surface area contributed by atoms with Crippen molar-refractivity contribution in [3.8, 4) is 5.75 Å². The van der Waals surface area contributed by atoms with Gasteiger partial charge in [0.15, 0.2) is 11.6 Å². The molecule has 1 fully saturated rings. The SMILES string of the molecule is COc1ccc(CN2CCC[C@@H]2Cn2cncn2)cc1F. The Hall–Kier alpha value is -1.95. The molecule has 0 radical (unpaired) electrons. The number of hydrogen-bond acceptors (Lipinski definition) is 4. The van der Waals surface area contributed by atoms with Gasteiger partial charge in [0, 0.05) is 12.6 Å². The fourth-order valence-corrected chi connectivity index (χ4v) is 2.90. The van der Waals surface area contributed by atoms with E-state index >= 15 is 0 Å². The van der Waals surface area contributed by atoms with Crippen LogP contribution >= 0.6 is 0 Å². The second-order valence-electron chi connectivity index (χ2n) is 5.35. The van der Waals surface area contributed by atoms with E-state index in [1.165, 1.54) is 7.11 Å². The van der Waals surface area contributed by atoms with E-state index in [0.717, 1.165) is 38.0 Å². The molecule has 0 saturated carbocycles. The Kier molecular flexibility index (Phi) is 4.15. The van der Waals surface area contributed by atoms with Gasteiger partial charge in [-0.3, -0.25) is 9.58 Å². The monoisotopic (exact) mass is 290 g/mol. The number of rotatable bonds is 5. The van der Waals surface area contributed by atoms with Gasteiger partial charge in [0.1, 0.15) is 12.7 Å². The van der Waals surface area contributed by atoms with Crippen LogP contribution in [0.2, 0.25) is 0 Å². The molecular formula is C15H19FN4O. The lowest BCUT2D eigenvalue weighted by molar-refractivity contribution is 0.218. The number of hydrogen-bond donors (Lipinski definition) is 0. The first kappa shape index (κ1) is 14.0. The van der Waals surface area contributed by atoms with Crippen molar-refractivity contribution in [1.82, 2.24) is 19.7 Å². The highest BCUT2D eigenvalue weighted by Crippen LogP contribution is 2.23. The van der Waals surface area contributed by atoms with Crippen LogP contribution in [0.5, 0.6) is 5.75 Å². The normalized spacial score (nSPS) is 19.0. The lowest BCUT2D eigenvalue weighted by Crippen LogP contribution is -2.32. The molecule has 2 aromatic rings. The van der Waals surface area contributed by atoms with Gasteiger partial charge in [-0.2, -0.15) is 5.10 Å². The van der Waals surface area contributed by atoms with Gasteiger partial charge < -0.3 is 4.74 Å². The van der Waals surface area contributed by atoms with Gasteiger partial charge in [0.05, 0.1) is 13.7 Å². The third-order valence-corrected chi connectivity index (χ3v) is 3.97. The van der Waals surface area contributed by atoms with Crippen molar-refractivity contribution in [3.63, 3.8) is 0 Å². The molecule has 0 spiro atoms.